The second kappa shape index (κ2) is 4.97. The number of benzene rings is 2. The van der Waals surface area contributed by atoms with E-state index < -0.39 is 7.80 Å². The average molecular weight is 270 g/mol. The Labute approximate surface area is 105 Å². The van der Waals surface area contributed by atoms with Crippen LogP contribution in [0.15, 0.2) is 48.5 Å². The van der Waals surface area contributed by atoms with Gasteiger partial charge in [-0.25, -0.2) is 0 Å². The lowest BCUT2D eigenvalue weighted by molar-refractivity contribution is 0.598. The SMILES string of the molecule is O=[P+](c1cccc(Cl)c1)c1cccc(Cl)c1. The van der Waals surface area contributed by atoms with E-state index in [9.17, 15) is 4.57 Å². The van der Waals surface area contributed by atoms with Gasteiger partial charge in [0.05, 0.1) is 0 Å². The number of hydrogen-bond donors (Lipinski definition) is 0. The number of hydrogen-bond acceptors (Lipinski definition) is 1. The third kappa shape index (κ3) is 2.62. The van der Waals surface area contributed by atoms with E-state index in [1.54, 1.807) is 48.5 Å². The van der Waals surface area contributed by atoms with E-state index in [0.29, 0.717) is 20.7 Å². The highest BCUT2D eigenvalue weighted by molar-refractivity contribution is 7.61. The second-order valence-corrected chi connectivity index (χ2v) is 5.75. The summed E-state index contributed by atoms with van der Waals surface area (Å²) < 4.78 is 12.2. The minimum atomic E-state index is -1.62. The van der Waals surface area contributed by atoms with Crippen molar-refractivity contribution >= 4 is 41.6 Å². The van der Waals surface area contributed by atoms with Gasteiger partial charge >= 0.3 is 7.80 Å². The molecule has 80 valence electrons. The summed E-state index contributed by atoms with van der Waals surface area (Å²) in [5.74, 6) is 0. The molecule has 0 spiro atoms. The van der Waals surface area contributed by atoms with Gasteiger partial charge in [-0.1, -0.05) is 39.9 Å². The van der Waals surface area contributed by atoms with Gasteiger partial charge in [0.2, 0.25) is 0 Å². The average Bonchev–Trinajstić information content (AvgIpc) is 2.28. The lowest BCUT2D eigenvalue weighted by Gasteiger charge is -1.91. The first-order valence-electron chi connectivity index (χ1n) is 4.65. The Kier molecular flexibility index (Phi) is 3.60. The number of rotatable bonds is 2. The first kappa shape index (κ1) is 11.6. The highest BCUT2D eigenvalue weighted by Crippen LogP contribution is 2.22. The maximum Gasteiger partial charge on any atom is 0.415 e. The van der Waals surface area contributed by atoms with Gasteiger partial charge in [0.25, 0.3) is 0 Å². The lowest BCUT2D eigenvalue weighted by Crippen LogP contribution is -2.05. The van der Waals surface area contributed by atoms with Gasteiger partial charge in [-0.15, -0.1) is 0 Å². The molecule has 0 fully saturated rings. The molecule has 2 aromatic carbocycles. The fourth-order valence-electron chi connectivity index (χ4n) is 1.35. The van der Waals surface area contributed by atoms with Crippen LogP contribution in [-0.2, 0) is 4.57 Å². The van der Waals surface area contributed by atoms with Crippen LogP contribution in [0, 0.1) is 0 Å². The zero-order chi connectivity index (χ0) is 11.5. The molecule has 1 nitrogen and oxygen atoms in total. The summed E-state index contributed by atoms with van der Waals surface area (Å²) in [6.45, 7) is 0. The molecule has 0 N–H and O–H groups in total. The van der Waals surface area contributed by atoms with Crippen LogP contribution < -0.4 is 10.6 Å². The Hall–Kier alpha value is -0.880. The fourth-order valence-corrected chi connectivity index (χ4v) is 3.14. The van der Waals surface area contributed by atoms with E-state index >= 15 is 0 Å². The van der Waals surface area contributed by atoms with Crippen LogP contribution in [0.3, 0.4) is 0 Å². The fraction of sp³-hybridized carbons (Fsp3) is 0. The Morgan fingerprint density at radius 3 is 1.62 bits per heavy atom. The summed E-state index contributed by atoms with van der Waals surface area (Å²) in [4.78, 5) is 0. The van der Waals surface area contributed by atoms with E-state index in [-0.39, 0.29) is 0 Å². The van der Waals surface area contributed by atoms with Crippen molar-refractivity contribution in [3.8, 4) is 0 Å². The van der Waals surface area contributed by atoms with E-state index in [2.05, 4.69) is 0 Å². The van der Waals surface area contributed by atoms with Crippen molar-refractivity contribution in [2.45, 2.75) is 0 Å². The molecule has 0 radical (unpaired) electrons. The van der Waals surface area contributed by atoms with Crippen LogP contribution in [0.4, 0.5) is 0 Å². The summed E-state index contributed by atoms with van der Waals surface area (Å²) >= 11 is 11.7. The van der Waals surface area contributed by atoms with Crippen molar-refractivity contribution in [1.29, 1.82) is 0 Å². The molecule has 0 heterocycles. The highest BCUT2D eigenvalue weighted by Gasteiger charge is 2.23. The third-order valence-electron chi connectivity index (χ3n) is 2.09. The summed E-state index contributed by atoms with van der Waals surface area (Å²) in [5.41, 5.74) is 0. The number of halogens is 2. The van der Waals surface area contributed by atoms with Crippen molar-refractivity contribution in [3.63, 3.8) is 0 Å². The predicted molar refractivity (Wildman–Crippen MR) is 69.8 cm³/mol. The van der Waals surface area contributed by atoms with Crippen LogP contribution in [0.1, 0.15) is 0 Å². The molecule has 2 aromatic rings. The molecule has 0 bridgehead atoms. The summed E-state index contributed by atoms with van der Waals surface area (Å²) in [5, 5.41) is 2.60. The van der Waals surface area contributed by atoms with Crippen molar-refractivity contribution in [2.24, 2.45) is 0 Å². The molecule has 0 aliphatic rings. The zero-order valence-electron chi connectivity index (χ0n) is 8.23. The molecule has 0 aliphatic heterocycles. The topological polar surface area (TPSA) is 17.1 Å². The van der Waals surface area contributed by atoms with Crippen LogP contribution in [0.5, 0.6) is 0 Å². The quantitative estimate of drug-likeness (QED) is 0.759. The smallest absolute Gasteiger partial charge is 0.0842 e. The minimum Gasteiger partial charge on any atom is -0.0842 e. The zero-order valence-corrected chi connectivity index (χ0v) is 10.6. The van der Waals surface area contributed by atoms with Gasteiger partial charge in [0.15, 0.2) is 10.6 Å². The van der Waals surface area contributed by atoms with Crippen LogP contribution >= 0.6 is 31.0 Å². The maximum atomic E-state index is 12.2. The summed E-state index contributed by atoms with van der Waals surface area (Å²) in [6, 6.07) is 14.1. The van der Waals surface area contributed by atoms with E-state index in [1.807, 2.05) is 0 Å². The first-order chi connectivity index (χ1) is 7.66. The molecule has 0 aromatic heterocycles. The van der Waals surface area contributed by atoms with Crippen molar-refractivity contribution < 1.29 is 4.57 Å². The molecule has 0 unspecified atom stereocenters. The summed E-state index contributed by atoms with van der Waals surface area (Å²) in [6.07, 6.45) is 0. The standard InChI is InChI=1S/C12H8Cl2OP/c13-9-3-1-5-11(7-9)16(15)12-6-2-4-10(14)8-12/h1-8H/q+1. The largest absolute Gasteiger partial charge is 0.415 e. The van der Waals surface area contributed by atoms with Crippen LogP contribution in [0.2, 0.25) is 10.0 Å². The van der Waals surface area contributed by atoms with Crippen LogP contribution in [0.25, 0.3) is 0 Å². The molecule has 0 saturated carbocycles. The molecular weight excluding hydrogens is 262 g/mol. The van der Waals surface area contributed by atoms with Gasteiger partial charge in [-0.3, -0.25) is 0 Å². The Balaban J connectivity index is 2.39. The van der Waals surface area contributed by atoms with Gasteiger partial charge in [0.1, 0.15) is 0 Å². The third-order valence-corrected chi connectivity index (χ3v) is 4.05. The molecular formula is C12H8Cl2OP+. The molecule has 0 aliphatic carbocycles. The Morgan fingerprint density at radius 1 is 0.812 bits per heavy atom. The molecule has 4 heteroatoms. The van der Waals surface area contributed by atoms with Gasteiger partial charge in [-0.2, -0.15) is 0 Å². The van der Waals surface area contributed by atoms with Gasteiger partial charge in [0, 0.05) is 22.2 Å². The highest BCUT2D eigenvalue weighted by atomic mass is 35.5. The predicted octanol–water partition coefficient (Wildman–Crippen LogP) is 3.77. The van der Waals surface area contributed by atoms with Gasteiger partial charge in [-0.05, 0) is 24.3 Å². The maximum absolute atomic E-state index is 12.2. The summed E-state index contributed by atoms with van der Waals surface area (Å²) in [7, 11) is -1.62. The Morgan fingerprint density at radius 2 is 1.25 bits per heavy atom. The van der Waals surface area contributed by atoms with Gasteiger partial charge < -0.3 is 0 Å². The van der Waals surface area contributed by atoms with E-state index in [1.165, 1.54) is 0 Å². The van der Waals surface area contributed by atoms with E-state index in [4.69, 9.17) is 23.2 Å². The molecule has 0 saturated heterocycles. The van der Waals surface area contributed by atoms with Crippen molar-refractivity contribution in [1.82, 2.24) is 0 Å². The van der Waals surface area contributed by atoms with Crippen molar-refractivity contribution in [3.05, 3.63) is 58.6 Å². The minimum absolute atomic E-state index is 0.586. The monoisotopic (exact) mass is 269 g/mol. The van der Waals surface area contributed by atoms with Crippen molar-refractivity contribution in [2.75, 3.05) is 0 Å². The normalized spacial score (nSPS) is 10.1. The van der Waals surface area contributed by atoms with Crippen LogP contribution in [-0.4, -0.2) is 0 Å². The molecule has 0 amide bonds. The molecule has 2 rings (SSSR count). The molecule has 16 heavy (non-hydrogen) atoms. The Bertz CT molecular complexity index is 493. The lowest BCUT2D eigenvalue weighted by atomic mass is 10.4. The molecule has 0 atom stereocenters. The van der Waals surface area contributed by atoms with E-state index in [0.717, 1.165) is 0 Å². The first-order valence-corrected chi connectivity index (χ1v) is 6.67. The second-order valence-electron chi connectivity index (χ2n) is 3.25.